The highest BCUT2D eigenvalue weighted by molar-refractivity contribution is 7.98. The first-order valence-corrected chi connectivity index (χ1v) is 7.82. The maximum absolute atomic E-state index is 10.9. The summed E-state index contributed by atoms with van der Waals surface area (Å²) in [4.78, 5) is 21.8. The Morgan fingerprint density at radius 3 is 2.65 bits per heavy atom. The van der Waals surface area contributed by atoms with E-state index in [0.29, 0.717) is 28.0 Å². The summed E-state index contributed by atoms with van der Waals surface area (Å²) >= 11 is 13.4. The molecule has 1 aromatic rings. The van der Waals surface area contributed by atoms with Crippen LogP contribution < -0.4 is 5.32 Å². The van der Waals surface area contributed by atoms with Crippen LogP contribution in [0.4, 0.5) is 0 Å². The summed E-state index contributed by atoms with van der Waals surface area (Å²) in [5, 5.41) is 12.5. The number of halogens is 2. The van der Waals surface area contributed by atoms with E-state index in [4.69, 9.17) is 28.3 Å². The first kappa shape index (κ1) is 17.1. The van der Waals surface area contributed by atoms with Crippen molar-refractivity contribution in [1.29, 1.82) is 0 Å². The predicted molar refractivity (Wildman–Crippen MR) is 82.5 cm³/mol. The normalized spacial score (nSPS) is 11.9. The first-order chi connectivity index (χ1) is 9.40. The first-order valence-electron chi connectivity index (χ1n) is 5.91. The lowest BCUT2D eigenvalue weighted by Crippen LogP contribution is -2.39. The van der Waals surface area contributed by atoms with Gasteiger partial charge in [-0.3, -0.25) is 4.79 Å². The molecule has 0 fully saturated rings. The fraction of sp³-hybridized carbons (Fsp3) is 0.385. The van der Waals surface area contributed by atoms with Gasteiger partial charge in [0.15, 0.2) is 0 Å². The monoisotopic (exact) mass is 335 g/mol. The summed E-state index contributed by atoms with van der Waals surface area (Å²) in [6.07, 6.45) is 0.366. The minimum Gasteiger partial charge on any atom is -0.480 e. The van der Waals surface area contributed by atoms with Crippen molar-refractivity contribution in [2.75, 3.05) is 5.75 Å². The quantitative estimate of drug-likeness (QED) is 0.751. The summed E-state index contributed by atoms with van der Waals surface area (Å²) in [6.45, 7) is 1.30. The number of carboxylic acids is 1. The molecule has 110 valence electrons. The van der Waals surface area contributed by atoms with Crippen molar-refractivity contribution in [2.24, 2.45) is 0 Å². The highest BCUT2D eigenvalue weighted by Crippen LogP contribution is 2.25. The van der Waals surface area contributed by atoms with Crippen molar-refractivity contribution in [3.8, 4) is 0 Å². The number of carbonyl (C=O) groups excluding carboxylic acids is 1. The third kappa shape index (κ3) is 6.03. The summed E-state index contributed by atoms with van der Waals surface area (Å²) < 4.78 is 0. The molecule has 0 aliphatic heterocycles. The molecule has 0 radical (unpaired) electrons. The molecule has 7 heteroatoms. The zero-order valence-electron chi connectivity index (χ0n) is 10.9. The molecular weight excluding hydrogens is 321 g/mol. The van der Waals surface area contributed by atoms with Crippen LogP contribution in [0.3, 0.4) is 0 Å². The fourth-order valence-electron chi connectivity index (χ4n) is 1.52. The largest absolute Gasteiger partial charge is 0.480 e. The van der Waals surface area contributed by atoms with E-state index in [0.717, 1.165) is 5.56 Å². The van der Waals surface area contributed by atoms with Gasteiger partial charge in [-0.1, -0.05) is 29.3 Å². The van der Waals surface area contributed by atoms with E-state index in [1.54, 1.807) is 23.9 Å². The van der Waals surface area contributed by atoms with E-state index >= 15 is 0 Å². The lowest BCUT2D eigenvalue weighted by atomic mass is 10.2. The smallest absolute Gasteiger partial charge is 0.326 e. The number of hydrogen-bond acceptors (Lipinski definition) is 3. The number of carboxylic acid groups (broad SMARTS) is 1. The molecule has 2 N–H and O–H groups in total. The van der Waals surface area contributed by atoms with Gasteiger partial charge in [-0.2, -0.15) is 11.8 Å². The number of nitrogens with one attached hydrogen (secondary N) is 1. The van der Waals surface area contributed by atoms with Crippen LogP contribution in [0.25, 0.3) is 0 Å². The van der Waals surface area contributed by atoms with Crippen LogP contribution in [0.5, 0.6) is 0 Å². The molecule has 0 bridgehead atoms. The van der Waals surface area contributed by atoms with Crippen molar-refractivity contribution in [2.45, 2.75) is 25.1 Å². The minimum absolute atomic E-state index is 0.344. The fourth-order valence-corrected chi connectivity index (χ4v) is 3.10. The summed E-state index contributed by atoms with van der Waals surface area (Å²) in [5.74, 6) is -0.0908. The maximum Gasteiger partial charge on any atom is 0.326 e. The number of hydrogen-bond donors (Lipinski definition) is 2. The zero-order chi connectivity index (χ0) is 15.1. The average Bonchev–Trinajstić information content (AvgIpc) is 2.34. The molecule has 0 saturated heterocycles. The second-order valence-corrected chi connectivity index (χ2v) is 6.12. The number of carbonyl (C=O) groups is 2. The van der Waals surface area contributed by atoms with Gasteiger partial charge in [-0.15, -0.1) is 0 Å². The Bertz CT molecular complexity index is 497. The highest BCUT2D eigenvalue weighted by atomic mass is 35.5. The Kier molecular flexibility index (Phi) is 7.19. The van der Waals surface area contributed by atoms with Gasteiger partial charge in [0.2, 0.25) is 5.91 Å². The van der Waals surface area contributed by atoms with Crippen LogP contribution in [0, 0.1) is 0 Å². The summed E-state index contributed by atoms with van der Waals surface area (Å²) in [5.41, 5.74) is 0.951. The van der Waals surface area contributed by atoms with Gasteiger partial charge in [0.05, 0.1) is 0 Å². The number of thioether (sulfide) groups is 1. The van der Waals surface area contributed by atoms with Crippen molar-refractivity contribution < 1.29 is 14.7 Å². The van der Waals surface area contributed by atoms with Gasteiger partial charge < -0.3 is 10.4 Å². The Morgan fingerprint density at radius 2 is 2.10 bits per heavy atom. The maximum atomic E-state index is 10.9. The molecule has 1 amide bonds. The SMILES string of the molecule is CC(=O)NC(CCSCc1ccc(Cl)cc1Cl)C(=O)O. The molecule has 1 aromatic carbocycles. The van der Waals surface area contributed by atoms with E-state index in [1.165, 1.54) is 6.92 Å². The van der Waals surface area contributed by atoms with Gasteiger partial charge in [-0.05, 0) is 29.9 Å². The summed E-state index contributed by atoms with van der Waals surface area (Å²) in [7, 11) is 0. The molecule has 0 aliphatic carbocycles. The number of benzene rings is 1. The number of rotatable bonds is 7. The van der Waals surface area contributed by atoms with Gasteiger partial charge in [0.1, 0.15) is 6.04 Å². The molecule has 0 heterocycles. The van der Waals surface area contributed by atoms with Gasteiger partial charge in [-0.25, -0.2) is 4.79 Å². The van der Waals surface area contributed by atoms with Crippen molar-refractivity contribution >= 4 is 46.8 Å². The molecule has 0 aliphatic rings. The molecule has 0 saturated carbocycles. The topological polar surface area (TPSA) is 66.4 Å². The Balaban J connectivity index is 2.40. The lowest BCUT2D eigenvalue weighted by molar-refractivity contribution is -0.141. The molecular formula is C13H15Cl2NO3S. The Morgan fingerprint density at radius 1 is 1.40 bits per heavy atom. The van der Waals surface area contributed by atoms with E-state index in [2.05, 4.69) is 5.32 Å². The van der Waals surface area contributed by atoms with E-state index in [-0.39, 0.29) is 5.91 Å². The Hall–Kier alpha value is -0.910. The summed E-state index contributed by atoms with van der Waals surface area (Å²) in [6, 6.07) is 4.44. The number of aliphatic carboxylic acids is 1. The van der Waals surface area contributed by atoms with Gasteiger partial charge >= 0.3 is 5.97 Å². The van der Waals surface area contributed by atoms with Crippen LogP contribution in [0.1, 0.15) is 18.9 Å². The molecule has 0 aromatic heterocycles. The van der Waals surface area contributed by atoms with Gasteiger partial charge in [0, 0.05) is 22.7 Å². The van der Waals surface area contributed by atoms with E-state index in [9.17, 15) is 9.59 Å². The van der Waals surface area contributed by atoms with Gasteiger partial charge in [0.25, 0.3) is 0 Å². The van der Waals surface area contributed by atoms with Crippen molar-refractivity contribution in [1.82, 2.24) is 5.32 Å². The lowest BCUT2D eigenvalue weighted by Gasteiger charge is -2.12. The van der Waals surface area contributed by atoms with Crippen molar-refractivity contribution in [3.05, 3.63) is 33.8 Å². The number of amides is 1. The van der Waals surface area contributed by atoms with E-state index < -0.39 is 12.0 Å². The molecule has 1 unspecified atom stereocenters. The molecule has 20 heavy (non-hydrogen) atoms. The standard InChI is InChI=1S/C13H15Cl2NO3S/c1-8(17)16-12(13(18)19)4-5-20-7-9-2-3-10(14)6-11(9)15/h2-3,6,12H,4-5,7H2,1H3,(H,16,17)(H,18,19). The van der Waals surface area contributed by atoms with Crippen LogP contribution in [-0.2, 0) is 15.3 Å². The van der Waals surface area contributed by atoms with E-state index in [1.807, 2.05) is 6.07 Å². The molecule has 1 atom stereocenters. The highest BCUT2D eigenvalue weighted by Gasteiger charge is 2.17. The predicted octanol–water partition coefficient (Wildman–Crippen LogP) is 3.21. The van der Waals surface area contributed by atoms with Crippen LogP contribution in [0.15, 0.2) is 18.2 Å². The molecule has 0 spiro atoms. The third-order valence-electron chi connectivity index (χ3n) is 2.50. The van der Waals surface area contributed by atoms with Crippen LogP contribution in [-0.4, -0.2) is 28.8 Å². The van der Waals surface area contributed by atoms with Crippen LogP contribution in [0.2, 0.25) is 10.0 Å². The second kappa shape index (κ2) is 8.39. The third-order valence-corrected chi connectivity index (χ3v) is 4.13. The molecule has 1 rings (SSSR count). The van der Waals surface area contributed by atoms with Crippen LogP contribution >= 0.6 is 35.0 Å². The van der Waals surface area contributed by atoms with Crippen molar-refractivity contribution in [3.63, 3.8) is 0 Å². The Labute approximate surface area is 131 Å². The second-order valence-electron chi connectivity index (χ2n) is 4.17. The average molecular weight is 336 g/mol. The minimum atomic E-state index is -1.02. The molecule has 4 nitrogen and oxygen atoms in total. The zero-order valence-corrected chi connectivity index (χ0v) is 13.2.